The van der Waals surface area contributed by atoms with Crippen molar-refractivity contribution in [1.29, 1.82) is 0 Å². The lowest BCUT2D eigenvalue weighted by Crippen LogP contribution is -2.33. The van der Waals surface area contributed by atoms with Gasteiger partial charge in [0.25, 0.3) is 0 Å². The Hall–Kier alpha value is -0.780. The highest BCUT2D eigenvalue weighted by atomic mass is 19.4. The Balaban J connectivity index is 2.05. The summed E-state index contributed by atoms with van der Waals surface area (Å²) in [6.45, 7) is 0.646. The monoisotopic (exact) mass is 253 g/mol. The second-order valence-electron chi connectivity index (χ2n) is 4.60. The lowest BCUT2D eigenvalue weighted by atomic mass is 10.1. The molecule has 6 heteroatoms. The third-order valence-electron chi connectivity index (χ3n) is 2.80. The molecule has 2 atom stereocenters. The number of amides is 1. The zero-order chi connectivity index (χ0) is 12.9. The molecule has 1 fully saturated rings. The molecule has 1 N–H and O–H groups in total. The molecule has 17 heavy (non-hydrogen) atoms. The number of rotatable bonds is 5. The first-order valence-electron chi connectivity index (χ1n) is 5.80. The highest BCUT2D eigenvalue weighted by Gasteiger charge is 2.27. The van der Waals surface area contributed by atoms with Crippen molar-refractivity contribution in [1.82, 2.24) is 5.32 Å². The summed E-state index contributed by atoms with van der Waals surface area (Å²) in [5.74, 6) is 0.382. The molecular weight excluding hydrogens is 235 g/mol. The van der Waals surface area contributed by atoms with Gasteiger partial charge in [-0.15, -0.1) is 0 Å². The fraction of sp³-hybridized carbons (Fsp3) is 0.909. The van der Waals surface area contributed by atoms with Crippen LogP contribution < -0.4 is 5.32 Å². The van der Waals surface area contributed by atoms with Gasteiger partial charge in [0.1, 0.15) is 6.61 Å². The summed E-state index contributed by atoms with van der Waals surface area (Å²) in [6.07, 6.45) is -1.33. The van der Waals surface area contributed by atoms with E-state index in [0.29, 0.717) is 5.92 Å². The van der Waals surface area contributed by atoms with Gasteiger partial charge in [0, 0.05) is 12.5 Å². The molecule has 0 aromatic carbocycles. The van der Waals surface area contributed by atoms with Gasteiger partial charge in [0.2, 0.25) is 5.91 Å². The highest BCUT2D eigenvalue weighted by molar-refractivity contribution is 5.76. The van der Waals surface area contributed by atoms with E-state index in [1.807, 2.05) is 0 Å². The van der Waals surface area contributed by atoms with E-state index >= 15 is 0 Å². The van der Waals surface area contributed by atoms with E-state index in [0.717, 1.165) is 19.3 Å². The number of carbonyl (C=O) groups is 1. The molecule has 2 unspecified atom stereocenters. The molecule has 1 saturated carbocycles. The van der Waals surface area contributed by atoms with Gasteiger partial charge in [-0.05, 0) is 25.2 Å². The van der Waals surface area contributed by atoms with Gasteiger partial charge in [0.05, 0.1) is 6.61 Å². The zero-order valence-electron chi connectivity index (χ0n) is 9.85. The zero-order valence-corrected chi connectivity index (χ0v) is 9.85. The van der Waals surface area contributed by atoms with Gasteiger partial charge in [-0.3, -0.25) is 4.79 Å². The van der Waals surface area contributed by atoms with Crippen LogP contribution in [0.25, 0.3) is 0 Å². The van der Waals surface area contributed by atoms with Crippen LogP contribution in [0.2, 0.25) is 0 Å². The van der Waals surface area contributed by atoms with Crippen LogP contribution >= 0.6 is 0 Å². The van der Waals surface area contributed by atoms with Crippen LogP contribution in [0.5, 0.6) is 0 Å². The van der Waals surface area contributed by atoms with Gasteiger partial charge in [0.15, 0.2) is 0 Å². The number of ether oxygens (including phenoxy) is 1. The topological polar surface area (TPSA) is 38.3 Å². The van der Waals surface area contributed by atoms with Crippen molar-refractivity contribution in [2.75, 3.05) is 13.2 Å². The van der Waals surface area contributed by atoms with E-state index in [-0.39, 0.29) is 25.0 Å². The molecule has 1 amide bonds. The lowest BCUT2D eigenvalue weighted by Gasteiger charge is -2.12. The molecule has 1 aliphatic rings. The fourth-order valence-electron chi connectivity index (χ4n) is 1.99. The second-order valence-corrected chi connectivity index (χ2v) is 4.60. The van der Waals surface area contributed by atoms with Crippen LogP contribution in [-0.2, 0) is 9.53 Å². The molecule has 1 rings (SSSR count). The van der Waals surface area contributed by atoms with Gasteiger partial charge < -0.3 is 10.1 Å². The van der Waals surface area contributed by atoms with Gasteiger partial charge in [-0.1, -0.05) is 6.92 Å². The van der Waals surface area contributed by atoms with Gasteiger partial charge in [-0.25, -0.2) is 0 Å². The van der Waals surface area contributed by atoms with Crippen LogP contribution in [0.4, 0.5) is 13.2 Å². The third kappa shape index (κ3) is 6.51. The maximum Gasteiger partial charge on any atom is 0.411 e. The largest absolute Gasteiger partial charge is 0.411 e. The van der Waals surface area contributed by atoms with Crippen molar-refractivity contribution in [3.63, 3.8) is 0 Å². The van der Waals surface area contributed by atoms with Crippen LogP contribution in [0, 0.1) is 5.92 Å². The van der Waals surface area contributed by atoms with Crippen molar-refractivity contribution in [3.8, 4) is 0 Å². The Morgan fingerprint density at radius 3 is 2.65 bits per heavy atom. The second kappa shape index (κ2) is 6.23. The molecule has 0 spiro atoms. The molecule has 0 aliphatic heterocycles. The maximum atomic E-state index is 11.7. The summed E-state index contributed by atoms with van der Waals surface area (Å²) in [6, 6.07) is 0.181. The number of hydrogen-bond acceptors (Lipinski definition) is 2. The molecule has 0 saturated heterocycles. The SMILES string of the molecule is CC1CCC(NC(=O)CCOCC(F)(F)F)C1. The normalized spacial score (nSPS) is 24.9. The van der Waals surface area contributed by atoms with E-state index in [2.05, 4.69) is 17.0 Å². The average Bonchev–Trinajstić information content (AvgIpc) is 2.57. The molecule has 0 heterocycles. The summed E-state index contributed by atoms with van der Waals surface area (Å²) in [5, 5.41) is 2.81. The number of alkyl halides is 3. The third-order valence-corrected chi connectivity index (χ3v) is 2.80. The Morgan fingerprint density at radius 2 is 2.12 bits per heavy atom. The van der Waals surface area contributed by atoms with Gasteiger partial charge >= 0.3 is 6.18 Å². The molecule has 0 radical (unpaired) electrons. The number of nitrogens with one attached hydrogen (secondary N) is 1. The van der Waals surface area contributed by atoms with Crippen LogP contribution in [-0.4, -0.2) is 31.3 Å². The minimum Gasteiger partial charge on any atom is -0.372 e. The Labute approximate surface area is 98.7 Å². The first-order valence-corrected chi connectivity index (χ1v) is 5.80. The molecule has 0 aromatic heterocycles. The summed E-state index contributed by atoms with van der Waals surface area (Å²) < 4.78 is 39.5. The Morgan fingerprint density at radius 1 is 1.41 bits per heavy atom. The Kier molecular flexibility index (Phi) is 5.24. The molecule has 1 aliphatic carbocycles. The van der Waals surface area contributed by atoms with E-state index < -0.39 is 12.8 Å². The first kappa shape index (κ1) is 14.3. The minimum absolute atomic E-state index is 0.0129. The van der Waals surface area contributed by atoms with Crippen LogP contribution in [0.1, 0.15) is 32.6 Å². The van der Waals surface area contributed by atoms with Crippen molar-refractivity contribution in [3.05, 3.63) is 0 Å². The van der Waals surface area contributed by atoms with Crippen molar-refractivity contribution in [2.24, 2.45) is 5.92 Å². The number of hydrogen-bond donors (Lipinski definition) is 1. The van der Waals surface area contributed by atoms with Crippen LogP contribution in [0.3, 0.4) is 0 Å². The van der Waals surface area contributed by atoms with Crippen molar-refractivity contribution < 1.29 is 22.7 Å². The minimum atomic E-state index is -4.32. The van der Waals surface area contributed by atoms with Crippen molar-refractivity contribution >= 4 is 5.91 Å². The molecule has 0 aromatic rings. The van der Waals surface area contributed by atoms with E-state index in [1.165, 1.54) is 0 Å². The van der Waals surface area contributed by atoms with E-state index in [4.69, 9.17) is 0 Å². The Bertz CT molecular complexity index is 256. The molecule has 0 bridgehead atoms. The number of halogens is 3. The van der Waals surface area contributed by atoms with E-state index in [9.17, 15) is 18.0 Å². The number of carbonyl (C=O) groups excluding carboxylic acids is 1. The smallest absolute Gasteiger partial charge is 0.372 e. The summed E-state index contributed by atoms with van der Waals surface area (Å²) >= 11 is 0. The molecular formula is C11H18F3NO2. The predicted molar refractivity (Wildman–Crippen MR) is 56.4 cm³/mol. The van der Waals surface area contributed by atoms with E-state index in [1.54, 1.807) is 0 Å². The quantitative estimate of drug-likeness (QED) is 0.763. The molecule has 3 nitrogen and oxygen atoms in total. The van der Waals surface area contributed by atoms with Gasteiger partial charge in [-0.2, -0.15) is 13.2 Å². The highest BCUT2D eigenvalue weighted by Crippen LogP contribution is 2.24. The predicted octanol–water partition coefficient (Wildman–Crippen LogP) is 2.26. The summed E-state index contributed by atoms with van der Waals surface area (Å²) in [4.78, 5) is 11.4. The lowest BCUT2D eigenvalue weighted by molar-refractivity contribution is -0.174. The summed E-state index contributed by atoms with van der Waals surface area (Å²) in [7, 11) is 0. The molecule has 100 valence electrons. The van der Waals surface area contributed by atoms with Crippen LogP contribution in [0.15, 0.2) is 0 Å². The standard InChI is InChI=1S/C11H18F3NO2/c1-8-2-3-9(6-8)15-10(16)4-5-17-7-11(12,13)14/h8-9H,2-7H2,1H3,(H,15,16). The summed E-state index contributed by atoms with van der Waals surface area (Å²) in [5.41, 5.74) is 0. The average molecular weight is 253 g/mol. The fourth-order valence-corrected chi connectivity index (χ4v) is 1.99. The maximum absolute atomic E-state index is 11.7. The van der Waals surface area contributed by atoms with Crippen molar-refractivity contribution in [2.45, 2.75) is 44.8 Å². The first-order chi connectivity index (χ1) is 7.87.